The molecule has 4 aliphatic carbocycles. The second kappa shape index (κ2) is 11.6. The minimum Gasteiger partial charge on any atom is -0.468 e. The number of hydrogen-bond acceptors (Lipinski definition) is 8. The Kier molecular flexibility index (Phi) is 8.08. The predicted octanol–water partition coefficient (Wildman–Crippen LogP) is 6.61. The maximum atomic E-state index is 13.8. The Balaban J connectivity index is 1.78. The van der Waals surface area contributed by atoms with Crippen LogP contribution in [0.5, 0.6) is 0 Å². The molecule has 2 fully saturated rings. The lowest BCUT2D eigenvalue weighted by molar-refractivity contribution is -0.169. The van der Waals surface area contributed by atoms with Gasteiger partial charge in [0.05, 0.1) is 28.4 Å². The van der Waals surface area contributed by atoms with E-state index in [1.165, 1.54) is 39.6 Å². The van der Waals surface area contributed by atoms with Crippen molar-refractivity contribution in [3.63, 3.8) is 0 Å². The molecule has 252 valence electrons. The molecule has 0 N–H and O–H groups in total. The zero-order chi connectivity index (χ0) is 34.8. The molecule has 0 saturated heterocycles. The molecule has 6 rings (SSSR count). The number of ether oxygens (including phenoxy) is 4. The number of methoxy groups -OCH3 is 4. The maximum Gasteiger partial charge on any atom is 0.323 e. The summed E-state index contributed by atoms with van der Waals surface area (Å²) in [4.78, 5) is 55.1. The van der Waals surface area contributed by atoms with Gasteiger partial charge in [0.2, 0.25) is 0 Å². The van der Waals surface area contributed by atoms with E-state index in [4.69, 9.17) is 18.9 Å². The molecule has 8 heteroatoms. The number of benzene rings is 2. The molecule has 2 saturated carbocycles. The van der Waals surface area contributed by atoms with Crippen LogP contribution in [0.25, 0.3) is 11.1 Å². The minimum atomic E-state index is -1.65. The summed E-state index contributed by atoms with van der Waals surface area (Å²) in [6, 6.07) is 16.4. The van der Waals surface area contributed by atoms with Crippen LogP contribution in [-0.4, -0.2) is 52.3 Å². The molecule has 0 heterocycles. The van der Waals surface area contributed by atoms with Gasteiger partial charge in [0.15, 0.2) is 10.8 Å². The molecule has 2 aromatic carbocycles. The molecule has 4 aliphatic rings. The van der Waals surface area contributed by atoms with Crippen molar-refractivity contribution in [3.8, 4) is 0 Å². The Hall–Kier alpha value is -4.46. The largest absolute Gasteiger partial charge is 0.468 e. The van der Waals surface area contributed by atoms with E-state index in [9.17, 15) is 19.2 Å². The van der Waals surface area contributed by atoms with Crippen molar-refractivity contribution in [2.24, 2.45) is 21.7 Å². The van der Waals surface area contributed by atoms with Crippen LogP contribution in [0, 0.1) is 21.7 Å². The van der Waals surface area contributed by atoms with Gasteiger partial charge in [-0.15, -0.1) is 0 Å². The molecule has 0 unspecified atom stereocenters. The van der Waals surface area contributed by atoms with Gasteiger partial charge >= 0.3 is 23.9 Å². The number of carbonyl (C=O) groups is 4. The second-order valence-electron chi connectivity index (χ2n) is 14.9. The number of allylic oxidation sites excluding steroid dienone is 6. The molecule has 0 amide bonds. The summed E-state index contributed by atoms with van der Waals surface area (Å²) >= 11 is 0. The number of carbonyl (C=O) groups excluding carboxylic acids is 4. The highest BCUT2D eigenvalue weighted by Gasteiger charge is 2.60. The van der Waals surface area contributed by atoms with Crippen molar-refractivity contribution in [1.29, 1.82) is 0 Å². The predicted molar refractivity (Wildman–Crippen MR) is 180 cm³/mol. The summed E-state index contributed by atoms with van der Waals surface area (Å²) in [5.74, 6) is -2.73. The first-order valence-corrected chi connectivity index (χ1v) is 16.4. The Morgan fingerprint density at radius 1 is 0.458 bits per heavy atom. The van der Waals surface area contributed by atoms with Crippen molar-refractivity contribution in [3.05, 3.63) is 93.1 Å². The molecule has 2 aromatic rings. The van der Waals surface area contributed by atoms with E-state index >= 15 is 0 Å². The monoisotopic (exact) mass is 652 g/mol. The second-order valence-corrected chi connectivity index (χ2v) is 14.9. The summed E-state index contributed by atoms with van der Waals surface area (Å²) in [6.45, 7) is 8.69. The fraction of sp³-hybridized carbons (Fsp3) is 0.450. The van der Waals surface area contributed by atoms with E-state index in [1.54, 1.807) is 0 Å². The summed E-state index contributed by atoms with van der Waals surface area (Å²) < 4.78 is 21.3. The van der Waals surface area contributed by atoms with E-state index in [-0.39, 0.29) is 36.5 Å². The highest BCUT2D eigenvalue weighted by atomic mass is 16.6. The van der Waals surface area contributed by atoms with Gasteiger partial charge in [-0.2, -0.15) is 0 Å². The number of rotatable bonds is 4. The molecule has 0 aliphatic heterocycles. The first kappa shape index (κ1) is 33.4. The lowest BCUT2D eigenvalue weighted by Gasteiger charge is -2.26. The molecule has 0 bridgehead atoms. The van der Waals surface area contributed by atoms with Crippen LogP contribution < -0.4 is 0 Å². The van der Waals surface area contributed by atoms with Crippen LogP contribution in [0.3, 0.4) is 0 Å². The third kappa shape index (κ3) is 4.78. The standard InChI is InChI=1S/C40H44O8/c1-37(2)17-23-13-9-11-15-25(23)31(37)29-21-39(33(41)45-5,34(42)46-6)19-27(29)28-20-40(35(43)47-7,36(44)48-8)22-30(28)32-26-16-12-10-14-24(26)18-38(32,3)4/h9-16H,17-22H2,1-8H3/b28-27+,31-29-,32-30+. The van der Waals surface area contributed by atoms with E-state index in [1.807, 2.05) is 24.3 Å². The van der Waals surface area contributed by atoms with Gasteiger partial charge in [-0.25, -0.2) is 0 Å². The Morgan fingerprint density at radius 2 is 0.750 bits per heavy atom. The maximum absolute atomic E-state index is 13.8. The van der Waals surface area contributed by atoms with E-state index in [2.05, 4.69) is 52.0 Å². The van der Waals surface area contributed by atoms with Gasteiger partial charge in [-0.3, -0.25) is 19.2 Å². The smallest absolute Gasteiger partial charge is 0.323 e. The van der Waals surface area contributed by atoms with Crippen LogP contribution in [0.1, 0.15) is 75.6 Å². The quantitative estimate of drug-likeness (QED) is 0.207. The van der Waals surface area contributed by atoms with Crippen molar-refractivity contribution >= 4 is 35.0 Å². The molecule has 48 heavy (non-hydrogen) atoms. The first-order valence-electron chi connectivity index (χ1n) is 16.4. The SMILES string of the molecule is COC(=O)C1(C(=O)OC)CC(=C2/c3ccccc3CC2(C)C)/C(=C2\CC(C(=O)OC)(C(=O)OC)C\C2=C2/c3ccccc3CC2(C)C)C1. The van der Waals surface area contributed by atoms with Crippen LogP contribution in [0.15, 0.2) is 70.8 Å². The normalized spacial score (nSPS) is 25.7. The number of hydrogen-bond donors (Lipinski definition) is 0. The third-order valence-electron chi connectivity index (χ3n) is 11.1. The van der Waals surface area contributed by atoms with Crippen molar-refractivity contribution in [2.75, 3.05) is 28.4 Å². The van der Waals surface area contributed by atoms with Gasteiger partial charge in [-0.05, 0) is 79.4 Å². The summed E-state index contributed by atoms with van der Waals surface area (Å²) in [5.41, 5.74) is 5.80. The Labute approximate surface area is 282 Å². The van der Waals surface area contributed by atoms with Gasteiger partial charge in [0.1, 0.15) is 0 Å². The molecular weight excluding hydrogens is 608 g/mol. The lowest BCUT2D eigenvalue weighted by Crippen LogP contribution is -2.39. The average molecular weight is 653 g/mol. The van der Waals surface area contributed by atoms with Gasteiger partial charge in [-0.1, -0.05) is 76.2 Å². The molecule has 0 spiro atoms. The van der Waals surface area contributed by atoms with Crippen molar-refractivity contribution in [2.45, 2.75) is 66.2 Å². The lowest BCUT2D eigenvalue weighted by atomic mass is 9.78. The van der Waals surface area contributed by atoms with Gasteiger partial charge < -0.3 is 18.9 Å². The zero-order valence-corrected chi connectivity index (χ0v) is 29.1. The topological polar surface area (TPSA) is 105 Å². The molecule has 0 radical (unpaired) electrons. The number of fused-ring (bicyclic) bond motifs is 2. The fourth-order valence-electron chi connectivity index (χ4n) is 9.18. The minimum absolute atomic E-state index is 0.00393. The molecule has 0 aromatic heterocycles. The van der Waals surface area contributed by atoms with Crippen molar-refractivity contribution in [1.82, 2.24) is 0 Å². The van der Waals surface area contributed by atoms with E-state index < -0.39 is 34.7 Å². The zero-order valence-electron chi connectivity index (χ0n) is 29.1. The summed E-state index contributed by atoms with van der Waals surface area (Å²) in [6.07, 6.45) is 1.66. The molecule has 8 nitrogen and oxygen atoms in total. The summed E-state index contributed by atoms with van der Waals surface area (Å²) in [7, 11) is 5.11. The fourth-order valence-corrected chi connectivity index (χ4v) is 9.18. The molecule has 0 atom stereocenters. The Morgan fingerprint density at radius 3 is 1.06 bits per heavy atom. The third-order valence-corrected chi connectivity index (χ3v) is 11.1. The van der Waals surface area contributed by atoms with Crippen molar-refractivity contribution < 1.29 is 38.1 Å². The highest BCUT2D eigenvalue weighted by Crippen LogP contribution is 2.62. The van der Waals surface area contributed by atoms with Crippen LogP contribution in [0.4, 0.5) is 0 Å². The summed E-state index contributed by atoms with van der Waals surface area (Å²) in [5, 5.41) is 0. The highest BCUT2D eigenvalue weighted by molar-refractivity contribution is 6.05. The van der Waals surface area contributed by atoms with E-state index in [0.717, 1.165) is 57.4 Å². The molecular formula is C40H44O8. The first-order chi connectivity index (χ1) is 22.7. The van der Waals surface area contributed by atoms with Crippen LogP contribution >= 0.6 is 0 Å². The van der Waals surface area contributed by atoms with Crippen LogP contribution in [0.2, 0.25) is 0 Å². The van der Waals surface area contributed by atoms with Gasteiger partial charge in [0.25, 0.3) is 0 Å². The van der Waals surface area contributed by atoms with Gasteiger partial charge in [0, 0.05) is 25.7 Å². The number of esters is 4. The Bertz CT molecular complexity index is 1680. The average Bonchev–Trinajstić information content (AvgIpc) is 3.79. The van der Waals surface area contributed by atoms with E-state index in [0.29, 0.717) is 0 Å². The van der Waals surface area contributed by atoms with Crippen LogP contribution in [-0.2, 0) is 51.0 Å².